The number of nitrogens with zero attached hydrogens (tertiary/aromatic N) is 4. The zero-order valence-corrected chi connectivity index (χ0v) is 17.1. The van der Waals surface area contributed by atoms with Gasteiger partial charge in [-0.05, 0) is 24.5 Å². The van der Waals surface area contributed by atoms with Gasteiger partial charge in [-0.25, -0.2) is 0 Å². The van der Waals surface area contributed by atoms with Crippen LogP contribution in [0.5, 0.6) is 0 Å². The molecule has 0 amide bonds. The lowest BCUT2D eigenvalue weighted by Gasteiger charge is -2.49. The fourth-order valence-corrected chi connectivity index (χ4v) is 4.99. The molecule has 2 saturated heterocycles. The molecule has 1 aromatic rings. The van der Waals surface area contributed by atoms with Crippen molar-refractivity contribution in [2.75, 3.05) is 0 Å². The van der Waals surface area contributed by atoms with Gasteiger partial charge in [-0.15, -0.1) is 0 Å². The predicted octanol–water partition coefficient (Wildman–Crippen LogP) is 4.39. The van der Waals surface area contributed by atoms with Gasteiger partial charge in [0.15, 0.2) is 5.41 Å². The fraction of sp³-hybridized carbons (Fsp3) is 0.500. The van der Waals surface area contributed by atoms with E-state index >= 15 is 0 Å². The molecule has 0 spiro atoms. The van der Waals surface area contributed by atoms with Crippen molar-refractivity contribution in [3.8, 4) is 18.2 Å². The molecule has 10 heteroatoms. The second-order valence-corrected chi connectivity index (χ2v) is 7.78. The summed E-state index contributed by atoms with van der Waals surface area (Å²) in [6.07, 6.45) is -0.129. The first kappa shape index (κ1) is 21.5. The third-order valence-electron chi connectivity index (χ3n) is 6.02. The number of nitro benzene ring substituents is 1. The summed E-state index contributed by atoms with van der Waals surface area (Å²) in [6.45, 7) is 3.65. The Balaban J connectivity index is 2.35. The summed E-state index contributed by atoms with van der Waals surface area (Å²) in [5.74, 6) is -2.62. The number of ether oxygens (including phenoxy) is 2. The Kier molecular flexibility index (Phi) is 5.20. The van der Waals surface area contributed by atoms with E-state index in [4.69, 9.17) is 26.5 Å². The van der Waals surface area contributed by atoms with Crippen molar-refractivity contribution in [3.63, 3.8) is 0 Å². The van der Waals surface area contributed by atoms with Crippen molar-refractivity contribution in [2.24, 2.45) is 16.7 Å². The fourth-order valence-electron chi connectivity index (χ4n) is 4.80. The first-order chi connectivity index (χ1) is 14.2. The van der Waals surface area contributed by atoms with Gasteiger partial charge in [0.05, 0.1) is 29.0 Å². The van der Waals surface area contributed by atoms with Crippen LogP contribution in [-0.4, -0.2) is 16.6 Å². The normalized spacial score (nSPS) is 31.1. The molecule has 2 aliphatic heterocycles. The summed E-state index contributed by atoms with van der Waals surface area (Å²) >= 11 is 5.92. The number of nitriles is 3. The summed E-state index contributed by atoms with van der Waals surface area (Å²) in [5.41, 5.74) is -4.33. The summed E-state index contributed by atoms with van der Waals surface area (Å²) in [7, 11) is 0. The van der Waals surface area contributed by atoms with Gasteiger partial charge in [-0.1, -0.05) is 31.5 Å². The van der Waals surface area contributed by atoms with Crippen LogP contribution in [0.25, 0.3) is 0 Å². The van der Waals surface area contributed by atoms with Gasteiger partial charge in [0, 0.05) is 12.5 Å². The second kappa shape index (κ2) is 7.25. The first-order valence-corrected chi connectivity index (χ1v) is 9.74. The van der Waals surface area contributed by atoms with Crippen LogP contribution in [0, 0.1) is 66.3 Å². The molecule has 4 atom stereocenters. The quantitative estimate of drug-likeness (QED) is 0.538. The summed E-state index contributed by atoms with van der Waals surface area (Å²) in [5, 5.41) is 50.2. The summed E-state index contributed by atoms with van der Waals surface area (Å²) in [4.78, 5) is 10.7. The monoisotopic (exact) mass is 427 g/mol. The molecule has 1 aromatic carbocycles. The standard InChI is InChI=1S/C20H18ClN5O4/c1-3-7-20-15(4-2)19(11-24,17(25)30-20)18(9-22,10-23)16(29-20)12-5-6-13(21)14(8-12)26(27)28/h5-6,8,15-16,25H,3-4,7H2,1-2H3. The molecule has 1 N–H and O–H groups in total. The highest BCUT2D eigenvalue weighted by Crippen LogP contribution is 2.68. The van der Waals surface area contributed by atoms with Crippen molar-refractivity contribution in [2.45, 2.75) is 45.0 Å². The zero-order chi connectivity index (χ0) is 22.3. The maximum atomic E-state index is 11.4. The number of hydrogen-bond donors (Lipinski definition) is 1. The average Bonchev–Trinajstić information content (AvgIpc) is 2.91. The van der Waals surface area contributed by atoms with E-state index in [1.54, 1.807) is 6.92 Å². The predicted molar refractivity (Wildman–Crippen MR) is 104 cm³/mol. The van der Waals surface area contributed by atoms with Crippen LogP contribution < -0.4 is 0 Å². The molecule has 0 aliphatic carbocycles. The molecule has 0 radical (unpaired) electrons. The van der Waals surface area contributed by atoms with E-state index in [1.807, 2.05) is 25.1 Å². The molecule has 0 saturated carbocycles. The lowest BCUT2D eigenvalue weighted by atomic mass is 9.52. The maximum absolute atomic E-state index is 11.4. The Bertz CT molecular complexity index is 1040. The molecule has 4 unspecified atom stereocenters. The molecule has 154 valence electrons. The summed E-state index contributed by atoms with van der Waals surface area (Å²) < 4.78 is 12.0. The molecule has 2 heterocycles. The highest BCUT2D eigenvalue weighted by Gasteiger charge is 2.79. The molecule has 2 bridgehead atoms. The molecule has 3 rings (SSSR count). The Morgan fingerprint density at radius 3 is 2.43 bits per heavy atom. The van der Waals surface area contributed by atoms with Crippen LogP contribution in [0.15, 0.2) is 18.2 Å². The van der Waals surface area contributed by atoms with Crippen LogP contribution in [0.2, 0.25) is 5.02 Å². The van der Waals surface area contributed by atoms with Crippen molar-refractivity contribution >= 4 is 23.2 Å². The molecule has 9 nitrogen and oxygen atoms in total. The third-order valence-corrected chi connectivity index (χ3v) is 6.34. The number of fused-ring (bicyclic) bond motifs is 2. The van der Waals surface area contributed by atoms with Gasteiger partial charge in [0.25, 0.3) is 5.69 Å². The number of hydrogen-bond acceptors (Lipinski definition) is 8. The number of nitro groups is 1. The largest absolute Gasteiger partial charge is 0.447 e. The minimum Gasteiger partial charge on any atom is -0.447 e. The second-order valence-electron chi connectivity index (χ2n) is 7.37. The molecule has 30 heavy (non-hydrogen) atoms. The number of rotatable bonds is 5. The Morgan fingerprint density at radius 1 is 1.27 bits per heavy atom. The van der Waals surface area contributed by atoms with Crippen LogP contribution in [0.3, 0.4) is 0 Å². The molecule has 0 aromatic heterocycles. The Morgan fingerprint density at radius 2 is 1.93 bits per heavy atom. The number of halogens is 1. The highest BCUT2D eigenvalue weighted by molar-refractivity contribution is 6.32. The van der Waals surface area contributed by atoms with E-state index in [0.717, 1.165) is 6.07 Å². The lowest BCUT2D eigenvalue weighted by molar-refractivity contribution is -0.384. The van der Waals surface area contributed by atoms with Crippen LogP contribution >= 0.6 is 11.6 Å². The van der Waals surface area contributed by atoms with Gasteiger partial charge in [-0.3, -0.25) is 15.5 Å². The SMILES string of the molecule is CCCC12OC(=N)C(C#N)(C1CC)C(C#N)(C#N)C(c1ccc(Cl)c([N+](=O)[O-])c1)O2. The van der Waals surface area contributed by atoms with E-state index in [2.05, 4.69) is 0 Å². The van der Waals surface area contributed by atoms with Crippen LogP contribution in [-0.2, 0) is 9.47 Å². The van der Waals surface area contributed by atoms with Crippen molar-refractivity contribution in [3.05, 3.63) is 38.9 Å². The van der Waals surface area contributed by atoms with E-state index in [9.17, 15) is 25.9 Å². The van der Waals surface area contributed by atoms with Crippen molar-refractivity contribution < 1.29 is 14.4 Å². The van der Waals surface area contributed by atoms with Gasteiger partial charge >= 0.3 is 0 Å². The Hall–Kier alpha value is -3.19. The van der Waals surface area contributed by atoms with E-state index in [0.29, 0.717) is 19.3 Å². The zero-order valence-electron chi connectivity index (χ0n) is 16.3. The third kappa shape index (κ3) is 2.45. The summed E-state index contributed by atoms with van der Waals surface area (Å²) in [6, 6.07) is 9.73. The Labute approximate surface area is 178 Å². The molecule has 2 aliphatic rings. The van der Waals surface area contributed by atoms with Gasteiger partial charge in [0.2, 0.25) is 17.1 Å². The number of nitrogens with one attached hydrogen (secondary N) is 1. The lowest BCUT2D eigenvalue weighted by Crippen LogP contribution is -2.59. The minimum absolute atomic E-state index is 0.115. The van der Waals surface area contributed by atoms with E-state index < -0.39 is 45.1 Å². The van der Waals surface area contributed by atoms with Gasteiger partial charge in [0.1, 0.15) is 11.1 Å². The molecular weight excluding hydrogens is 410 g/mol. The van der Waals surface area contributed by atoms with Crippen molar-refractivity contribution in [1.29, 1.82) is 21.2 Å². The van der Waals surface area contributed by atoms with Crippen molar-refractivity contribution in [1.82, 2.24) is 0 Å². The average molecular weight is 428 g/mol. The van der Waals surface area contributed by atoms with Gasteiger partial charge < -0.3 is 9.47 Å². The minimum atomic E-state index is -2.16. The van der Waals surface area contributed by atoms with Crippen LogP contribution in [0.1, 0.15) is 44.8 Å². The van der Waals surface area contributed by atoms with E-state index in [1.165, 1.54) is 12.1 Å². The topological polar surface area (TPSA) is 157 Å². The van der Waals surface area contributed by atoms with Gasteiger partial charge in [-0.2, -0.15) is 15.8 Å². The molecule has 2 fully saturated rings. The van der Waals surface area contributed by atoms with Crippen LogP contribution in [0.4, 0.5) is 5.69 Å². The van der Waals surface area contributed by atoms with E-state index in [-0.39, 0.29) is 10.6 Å². The smallest absolute Gasteiger partial charge is 0.288 e. The molecular formula is C20H18ClN5O4. The highest BCUT2D eigenvalue weighted by atomic mass is 35.5. The maximum Gasteiger partial charge on any atom is 0.288 e. The number of benzene rings is 1. The first-order valence-electron chi connectivity index (χ1n) is 9.37.